The summed E-state index contributed by atoms with van der Waals surface area (Å²) in [4.78, 5) is 63.1. The van der Waals surface area contributed by atoms with Gasteiger partial charge in [0.15, 0.2) is 5.82 Å². The molecular formula is C43H48N6O8S. The first kappa shape index (κ1) is 44.1. The predicted molar refractivity (Wildman–Crippen MR) is 223 cm³/mol. The first-order chi connectivity index (χ1) is 27.6. The Morgan fingerprint density at radius 1 is 0.828 bits per heavy atom. The molecule has 4 rings (SSSR count). The fraction of sp³-hybridized carbons (Fsp3) is 0.256. The van der Waals surface area contributed by atoms with E-state index in [4.69, 9.17) is 9.47 Å². The van der Waals surface area contributed by atoms with Gasteiger partial charge in [0.1, 0.15) is 17.8 Å². The molecule has 304 valence electrons. The van der Waals surface area contributed by atoms with E-state index in [0.717, 1.165) is 5.56 Å². The summed E-state index contributed by atoms with van der Waals surface area (Å²) in [6.45, 7) is 16.2. The Labute approximate surface area is 338 Å². The van der Waals surface area contributed by atoms with Gasteiger partial charge < -0.3 is 25.4 Å². The number of unbranched alkanes of at least 4 members (excludes halogenated alkanes) is 1. The molecular weight excluding hydrogens is 761 g/mol. The predicted octanol–water partition coefficient (Wildman–Crippen LogP) is 7.12. The van der Waals surface area contributed by atoms with E-state index < -0.39 is 51.3 Å². The van der Waals surface area contributed by atoms with Gasteiger partial charge >= 0.3 is 6.09 Å². The normalized spacial score (nSPS) is 12.2. The second-order valence-electron chi connectivity index (χ2n) is 14.0. The number of sulfonamides is 1. The molecule has 0 aliphatic heterocycles. The molecule has 4 N–H and O–H groups in total. The number of rotatable bonds is 19. The van der Waals surface area contributed by atoms with Crippen molar-refractivity contribution in [3.63, 3.8) is 0 Å². The molecule has 14 nitrogen and oxygen atoms in total. The van der Waals surface area contributed by atoms with Crippen LogP contribution in [0.2, 0.25) is 0 Å². The molecule has 0 saturated carbocycles. The maximum absolute atomic E-state index is 14.2. The zero-order chi connectivity index (χ0) is 42.3. The molecule has 58 heavy (non-hydrogen) atoms. The van der Waals surface area contributed by atoms with Gasteiger partial charge in [0.05, 0.1) is 29.3 Å². The summed E-state index contributed by atoms with van der Waals surface area (Å²) in [7, 11) is -4.00. The average molecular weight is 809 g/mol. The van der Waals surface area contributed by atoms with Gasteiger partial charge in [0, 0.05) is 11.6 Å². The number of nitrogens with zero attached hydrogens (tertiary/aromatic N) is 2. The summed E-state index contributed by atoms with van der Waals surface area (Å²) in [5.74, 6) is -1.75. The molecule has 15 heteroatoms. The summed E-state index contributed by atoms with van der Waals surface area (Å²) in [6.07, 6.45) is 5.00. The lowest BCUT2D eigenvalue weighted by atomic mass is 9.86. The molecule has 0 aliphatic rings. The number of alkyl carbamates (subject to hydrolysis) is 1. The van der Waals surface area contributed by atoms with Crippen LogP contribution in [0.5, 0.6) is 11.6 Å². The Morgan fingerprint density at radius 3 is 2.16 bits per heavy atom. The van der Waals surface area contributed by atoms with Crippen LogP contribution in [0.15, 0.2) is 117 Å². The number of nitrogens with one attached hydrogen (secondary N) is 4. The number of ether oxygens (including phenoxy) is 2. The van der Waals surface area contributed by atoms with Crippen LogP contribution in [0, 0.1) is 5.41 Å². The molecule has 0 spiro atoms. The highest BCUT2D eigenvalue weighted by atomic mass is 32.2. The molecule has 0 aliphatic carbocycles. The lowest BCUT2D eigenvalue weighted by molar-refractivity contribution is -0.129. The van der Waals surface area contributed by atoms with Crippen LogP contribution in [0.1, 0.15) is 67.7 Å². The van der Waals surface area contributed by atoms with E-state index in [0.29, 0.717) is 35.7 Å². The van der Waals surface area contributed by atoms with Crippen LogP contribution in [0.3, 0.4) is 0 Å². The molecule has 0 unspecified atom stereocenters. The first-order valence-corrected chi connectivity index (χ1v) is 20.0. The molecule has 1 heterocycles. The number of hydrogen-bond donors (Lipinski definition) is 4. The van der Waals surface area contributed by atoms with Crippen LogP contribution < -0.4 is 25.4 Å². The minimum atomic E-state index is -4.00. The standard InChI is InChI=1S/C43H48N6O8S/c1-7-10-17-27-58(54,55)49-39(50)33-20-15-16-21-34(33)45-40(51)36(47-41(52)37(43(4,5)6)48-42(53)56-26-11-8-2)29-22-24-32(25-23-29)57-35-28-31(9-3)44-38(46-35)30-18-13-12-14-19-30/h7-9,12-16,18-25,28,36-37H,1-3,10-11,17,26-27H2,4-6H3,(H,45,51)(H,47,52)(H,48,53)(H,49,50)/t36-,37+/m0/s1. The Kier molecular flexibility index (Phi) is 15.6. The number of hydrogen-bond acceptors (Lipinski definition) is 10. The van der Waals surface area contributed by atoms with Crippen molar-refractivity contribution in [1.29, 1.82) is 0 Å². The minimum Gasteiger partial charge on any atom is -0.449 e. The lowest BCUT2D eigenvalue weighted by Gasteiger charge is -2.31. The van der Waals surface area contributed by atoms with Crippen LogP contribution in [-0.2, 0) is 24.3 Å². The Bertz CT molecular complexity index is 2220. The summed E-state index contributed by atoms with van der Waals surface area (Å²) >= 11 is 0. The van der Waals surface area contributed by atoms with E-state index >= 15 is 0 Å². The van der Waals surface area contributed by atoms with Crippen molar-refractivity contribution < 1.29 is 37.1 Å². The van der Waals surface area contributed by atoms with Crippen molar-refractivity contribution >= 4 is 45.6 Å². The third-order valence-electron chi connectivity index (χ3n) is 8.39. The molecule has 0 radical (unpaired) electrons. The number of carbonyl (C=O) groups is 4. The highest BCUT2D eigenvalue weighted by Crippen LogP contribution is 2.28. The van der Waals surface area contributed by atoms with Crippen LogP contribution in [-0.4, -0.2) is 60.6 Å². The summed E-state index contributed by atoms with van der Waals surface area (Å²) in [5, 5.41) is 8.01. The minimum absolute atomic E-state index is 0.0159. The number of aromatic nitrogens is 2. The van der Waals surface area contributed by atoms with Crippen molar-refractivity contribution in [1.82, 2.24) is 25.3 Å². The molecule has 4 aromatic rings. The van der Waals surface area contributed by atoms with Gasteiger partial charge in [-0.3, -0.25) is 14.4 Å². The highest BCUT2D eigenvalue weighted by molar-refractivity contribution is 7.90. The van der Waals surface area contributed by atoms with Gasteiger partial charge in [-0.1, -0.05) is 94.1 Å². The SMILES string of the molecule is C=CCCCS(=O)(=O)NC(=O)c1ccccc1NC(=O)[C@@H](NC(=O)[C@@H](NC(=O)OCCC=C)C(C)(C)C)c1ccc(Oc2cc(C=C)nc(-c3ccccc3)n2)cc1. The number of benzene rings is 3. The zero-order valence-electron chi connectivity index (χ0n) is 32.7. The monoisotopic (exact) mass is 808 g/mol. The van der Waals surface area contributed by atoms with Gasteiger partial charge in [-0.25, -0.2) is 22.9 Å². The zero-order valence-corrected chi connectivity index (χ0v) is 33.5. The quantitative estimate of drug-likeness (QED) is 0.0560. The van der Waals surface area contributed by atoms with E-state index in [9.17, 15) is 27.6 Å². The summed E-state index contributed by atoms with van der Waals surface area (Å²) in [6, 6.07) is 20.5. The largest absolute Gasteiger partial charge is 0.449 e. The van der Waals surface area contributed by atoms with E-state index in [1.54, 1.807) is 75.4 Å². The smallest absolute Gasteiger partial charge is 0.407 e. The molecule has 0 fully saturated rings. The highest BCUT2D eigenvalue weighted by Gasteiger charge is 2.36. The van der Waals surface area contributed by atoms with Crippen molar-refractivity contribution in [3.05, 3.63) is 134 Å². The van der Waals surface area contributed by atoms with Gasteiger partial charge in [-0.05, 0) is 60.6 Å². The van der Waals surface area contributed by atoms with E-state index in [1.807, 2.05) is 35.1 Å². The molecule has 1 aromatic heterocycles. The second kappa shape index (κ2) is 20.5. The second-order valence-corrected chi connectivity index (χ2v) is 15.9. The molecule has 3 aromatic carbocycles. The van der Waals surface area contributed by atoms with E-state index in [2.05, 4.69) is 45.7 Å². The van der Waals surface area contributed by atoms with Crippen LogP contribution in [0.4, 0.5) is 10.5 Å². The van der Waals surface area contributed by atoms with Crippen molar-refractivity contribution in [2.24, 2.45) is 5.41 Å². The third-order valence-corrected chi connectivity index (χ3v) is 9.72. The molecule has 0 saturated heterocycles. The Hall–Kier alpha value is -6.61. The maximum atomic E-state index is 14.2. The number of amides is 4. The average Bonchev–Trinajstić information content (AvgIpc) is 3.19. The van der Waals surface area contributed by atoms with E-state index in [-0.39, 0.29) is 35.9 Å². The number of carbonyl (C=O) groups excluding carboxylic acids is 4. The van der Waals surface area contributed by atoms with Crippen molar-refractivity contribution in [2.75, 3.05) is 17.7 Å². The first-order valence-electron chi connectivity index (χ1n) is 18.4. The van der Waals surface area contributed by atoms with Gasteiger partial charge in [-0.2, -0.15) is 4.98 Å². The molecule has 4 amide bonds. The summed E-state index contributed by atoms with van der Waals surface area (Å²) in [5.41, 5.74) is 0.609. The summed E-state index contributed by atoms with van der Waals surface area (Å²) < 4.78 is 38.6. The van der Waals surface area contributed by atoms with Crippen LogP contribution in [0.25, 0.3) is 17.5 Å². The Morgan fingerprint density at radius 2 is 1.50 bits per heavy atom. The molecule has 2 atom stereocenters. The van der Waals surface area contributed by atoms with Gasteiger partial charge in [-0.15, -0.1) is 13.2 Å². The fourth-order valence-corrected chi connectivity index (χ4v) is 6.46. The number of para-hydroxylation sites is 1. The maximum Gasteiger partial charge on any atom is 0.407 e. The van der Waals surface area contributed by atoms with Gasteiger partial charge in [0.25, 0.3) is 11.8 Å². The fourth-order valence-electron chi connectivity index (χ4n) is 5.42. The Balaban J connectivity index is 1.66. The topological polar surface area (TPSA) is 195 Å². The number of anilines is 1. The third kappa shape index (κ3) is 13.0. The van der Waals surface area contributed by atoms with Crippen molar-refractivity contribution in [3.8, 4) is 23.0 Å². The van der Waals surface area contributed by atoms with E-state index in [1.165, 1.54) is 18.2 Å². The van der Waals surface area contributed by atoms with Crippen LogP contribution >= 0.6 is 0 Å². The lowest BCUT2D eigenvalue weighted by Crippen LogP contribution is -2.55. The number of allylic oxidation sites excluding steroid dienone is 1. The van der Waals surface area contributed by atoms with Crippen molar-refractivity contribution in [2.45, 2.75) is 52.1 Å². The molecule has 0 bridgehead atoms. The van der Waals surface area contributed by atoms with Gasteiger partial charge in [0.2, 0.25) is 21.8 Å².